The summed E-state index contributed by atoms with van der Waals surface area (Å²) in [6.45, 7) is 13.1. The number of hydrogen-bond acceptors (Lipinski definition) is 5. The maximum absolute atomic E-state index is 13.7. The van der Waals surface area contributed by atoms with E-state index >= 15 is 0 Å². The summed E-state index contributed by atoms with van der Waals surface area (Å²) in [5.41, 5.74) is 5.40. The van der Waals surface area contributed by atoms with Gasteiger partial charge in [0, 0.05) is 22.6 Å². The molecular weight excluding hydrogens is 594 g/mol. The zero-order valence-corrected chi connectivity index (χ0v) is 26.9. The number of carboxylic acid groups (broad SMARTS) is 1. The first kappa shape index (κ1) is 30.1. The number of benzene rings is 3. The zero-order valence-electron chi connectivity index (χ0n) is 26.9. The molecule has 0 radical (unpaired) electrons. The molecule has 3 aromatic carbocycles. The first-order valence-corrected chi connectivity index (χ1v) is 16.8. The molecule has 242 valence electrons. The first-order chi connectivity index (χ1) is 22.6. The quantitative estimate of drug-likeness (QED) is 0.214. The Hall–Kier alpha value is -4.31. The molecule has 4 atom stereocenters. The number of aliphatic hydroxyl groups excluding tert-OH is 1. The van der Waals surface area contributed by atoms with Crippen LogP contribution in [0.15, 0.2) is 72.4 Å². The van der Waals surface area contributed by atoms with Gasteiger partial charge in [-0.25, -0.2) is 4.79 Å². The number of quaternary nitrogens is 2. The van der Waals surface area contributed by atoms with Gasteiger partial charge in [-0.15, -0.1) is 0 Å². The number of aliphatic carboxylic acids is 1. The van der Waals surface area contributed by atoms with E-state index in [1.807, 2.05) is 55.5 Å². The summed E-state index contributed by atoms with van der Waals surface area (Å²) in [6, 6.07) is 21.5. The molecule has 0 spiro atoms. The second-order valence-electron chi connectivity index (χ2n) is 14.4. The van der Waals surface area contributed by atoms with Gasteiger partial charge >= 0.3 is 5.97 Å². The average molecular weight is 636 g/mol. The summed E-state index contributed by atoms with van der Waals surface area (Å²) in [5, 5.41) is 20.4. The Bertz CT molecular complexity index is 1820. The lowest BCUT2D eigenvalue weighted by molar-refractivity contribution is -1.09. The van der Waals surface area contributed by atoms with Crippen molar-refractivity contribution in [1.29, 1.82) is 0 Å². The summed E-state index contributed by atoms with van der Waals surface area (Å²) in [6.07, 6.45) is -0.868. The number of nitrogens with zero attached hydrogens (tertiary/aromatic N) is 3. The topological polar surface area (TPSA) is 104 Å². The number of fused-ring (bicyclic) bond motifs is 7. The normalized spacial score (nSPS) is 29.3. The van der Waals surface area contributed by atoms with Crippen molar-refractivity contribution in [2.45, 2.75) is 32.5 Å². The van der Waals surface area contributed by atoms with Crippen molar-refractivity contribution < 1.29 is 38.3 Å². The lowest BCUT2D eigenvalue weighted by Gasteiger charge is -2.55. The van der Waals surface area contributed by atoms with Gasteiger partial charge in [-0.2, -0.15) is 0 Å². The summed E-state index contributed by atoms with van der Waals surface area (Å²) in [5.74, 6) is -1.59. The fourth-order valence-corrected chi connectivity index (χ4v) is 9.12. The molecule has 5 aliphatic heterocycles. The molecule has 1 amide bonds. The van der Waals surface area contributed by atoms with Crippen molar-refractivity contribution in [2.24, 2.45) is 11.8 Å². The van der Waals surface area contributed by atoms with E-state index in [1.165, 1.54) is 10.5 Å². The minimum Gasteiger partial charge on any atom is -0.488 e. The van der Waals surface area contributed by atoms with Gasteiger partial charge in [0.1, 0.15) is 70.4 Å². The molecule has 4 saturated heterocycles. The van der Waals surface area contributed by atoms with Gasteiger partial charge in [-0.1, -0.05) is 43.3 Å². The van der Waals surface area contributed by atoms with Crippen LogP contribution < -0.4 is 4.74 Å². The van der Waals surface area contributed by atoms with Crippen LogP contribution in [0.3, 0.4) is 0 Å². The first-order valence-electron chi connectivity index (χ1n) is 16.8. The van der Waals surface area contributed by atoms with Crippen LogP contribution in [-0.4, -0.2) is 106 Å². The lowest BCUT2D eigenvalue weighted by Crippen LogP contribution is -2.75. The Balaban J connectivity index is 1.00. The molecule has 1 aliphatic carbocycles. The SMILES string of the molecule is C[C@@H](O)[C@H]1C(=O)N2C(C(=O)O)=C(c3ccc4c(c3)C(=O)c3ccc(C[N+]56CC[N+](CCOc7ccccc7)(CC5)CC6)cc3-4)[C@H](C)[C@H]12. The van der Waals surface area contributed by atoms with Crippen LogP contribution in [0.4, 0.5) is 0 Å². The second kappa shape index (κ2) is 10.9. The molecule has 0 aromatic heterocycles. The Kier molecular flexibility index (Phi) is 6.95. The maximum atomic E-state index is 13.7. The van der Waals surface area contributed by atoms with Crippen LogP contribution >= 0.6 is 0 Å². The Morgan fingerprint density at radius 3 is 2.26 bits per heavy atom. The van der Waals surface area contributed by atoms with E-state index in [1.54, 1.807) is 13.0 Å². The fraction of sp³-hybridized carbons (Fsp3) is 0.395. The lowest BCUT2D eigenvalue weighted by atomic mass is 9.76. The van der Waals surface area contributed by atoms with Crippen molar-refractivity contribution in [3.63, 3.8) is 0 Å². The summed E-state index contributed by atoms with van der Waals surface area (Å²) in [4.78, 5) is 40.3. The minimum atomic E-state index is -1.18. The van der Waals surface area contributed by atoms with Gasteiger partial charge in [0.25, 0.3) is 0 Å². The van der Waals surface area contributed by atoms with Gasteiger partial charge in [-0.3, -0.25) is 9.59 Å². The molecule has 9 rings (SSSR count). The molecule has 5 heterocycles. The fourth-order valence-electron chi connectivity index (χ4n) is 9.12. The number of ketones is 1. The van der Waals surface area contributed by atoms with E-state index in [9.17, 15) is 24.6 Å². The highest BCUT2D eigenvalue weighted by atomic mass is 16.5. The smallest absolute Gasteiger partial charge is 0.352 e. The van der Waals surface area contributed by atoms with Gasteiger partial charge in [0.05, 0.1) is 18.1 Å². The molecule has 3 aromatic rings. The van der Waals surface area contributed by atoms with E-state index in [2.05, 4.69) is 12.1 Å². The van der Waals surface area contributed by atoms with Crippen LogP contribution in [0.2, 0.25) is 0 Å². The Labute approximate surface area is 274 Å². The van der Waals surface area contributed by atoms with Crippen molar-refractivity contribution in [2.75, 3.05) is 52.4 Å². The van der Waals surface area contributed by atoms with E-state index in [-0.39, 0.29) is 23.3 Å². The summed E-state index contributed by atoms with van der Waals surface area (Å²) < 4.78 is 8.24. The molecular formula is C38H41N3O6+2. The highest BCUT2D eigenvalue weighted by molar-refractivity contribution is 6.22. The number of amides is 1. The van der Waals surface area contributed by atoms with Gasteiger partial charge in [0.15, 0.2) is 5.78 Å². The molecule has 2 N–H and O–H groups in total. The molecule has 47 heavy (non-hydrogen) atoms. The standard InChI is InChI=1S/C38H40N3O6/c1-23-32(35(38(45)46)39-34(23)33(24(2)42)37(39)44)26-9-11-28-30-20-25(8-10-29(30)36(43)31(28)21-26)22-41-15-12-40(13-16-41,14-17-41)18-19-47-27-6-4-3-5-7-27/h3-11,20-21,23-24,33-34,42H,12-19,22H2,1-2H3/q+1/p+1/t23-,24+,33+,34+,40?,41?/m0/s1. The summed E-state index contributed by atoms with van der Waals surface area (Å²) in [7, 11) is 0. The number of β-lactam (4-membered cyclic amide) rings is 1. The largest absolute Gasteiger partial charge is 0.488 e. The zero-order chi connectivity index (χ0) is 32.7. The number of carboxylic acids is 1. The number of carbonyl (C=O) groups is 3. The van der Waals surface area contributed by atoms with Crippen LogP contribution in [0, 0.1) is 11.8 Å². The predicted octanol–water partition coefficient (Wildman–Crippen LogP) is 3.79. The molecule has 0 unspecified atom stereocenters. The highest BCUT2D eigenvalue weighted by Gasteiger charge is 2.60. The predicted molar refractivity (Wildman–Crippen MR) is 175 cm³/mol. The number of aliphatic hydroxyl groups is 1. The third kappa shape index (κ3) is 4.66. The number of piperazine rings is 3. The third-order valence-corrected chi connectivity index (χ3v) is 11.8. The molecule has 9 nitrogen and oxygen atoms in total. The molecule has 6 aliphatic rings. The second-order valence-corrected chi connectivity index (χ2v) is 14.4. The van der Waals surface area contributed by atoms with Crippen molar-refractivity contribution in [3.8, 4) is 16.9 Å². The molecule has 0 saturated carbocycles. The van der Waals surface area contributed by atoms with Crippen molar-refractivity contribution in [1.82, 2.24) is 4.90 Å². The number of para-hydroxylation sites is 1. The molecule has 2 bridgehead atoms. The van der Waals surface area contributed by atoms with Gasteiger partial charge < -0.3 is 28.8 Å². The van der Waals surface area contributed by atoms with Crippen LogP contribution in [-0.2, 0) is 16.1 Å². The molecule has 4 fully saturated rings. The minimum absolute atomic E-state index is 0.0436. The van der Waals surface area contributed by atoms with Crippen LogP contribution in [0.25, 0.3) is 16.7 Å². The average Bonchev–Trinajstić information content (AvgIpc) is 3.49. The highest BCUT2D eigenvalue weighted by Crippen LogP contribution is 2.51. The van der Waals surface area contributed by atoms with E-state index in [0.29, 0.717) is 22.3 Å². The van der Waals surface area contributed by atoms with Gasteiger partial charge in [0.2, 0.25) is 5.91 Å². The third-order valence-electron chi connectivity index (χ3n) is 11.8. The number of carbonyl (C=O) groups excluding carboxylic acids is 2. The summed E-state index contributed by atoms with van der Waals surface area (Å²) >= 11 is 0. The van der Waals surface area contributed by atoms with E-state index < -0.39 is 24.0 Å². The van der Waals surface area contributed by atoms with E-state index in [0.717, 1.165) is 84.8 Å². The Morgan fingerprint density at radius 2 is 1.57 bits per heavy atom. The van der Waals surface area contributed by atoms with E-state index in [4.69, 9.17) is 4.74 Å². The van der Waals surface area contributed by atoms with Crippen LogP contribution in [0.5, 0.6) is 5.75 Å². The number of rotatable bonds is 9. The Morgan fingerprint density at radius 1 is 0.894 bits per heavy atom. The van der Waals surface area contributed by atoms with Crippen molar-refractivity contribution in [3.05, 3.63) is 94.7 Å². The maximum Gasteiger partial charge on any atom is 0.352 e. The van der Waals surface area contributed by atoms with Gasteiger partial charge in [-0.05, 0) is 59.5 Å². The molecule has 9 heteroatoms. The number of hydrogen-bond donors (Lipinski definition) is 2. The van der Waals surface area contributed by atoms with Crippen LogP contribution in [0.1, 0.15) is 40.9 Å². The number of ether oxygens (including phenoxy) is 1. The van der Waals surface area contributed by atoms with Crippen molar-refractivity contribution >= 4 is 23.2 Å². The monoisotopic (exact) mass is 635 g/mol.